The maximum Gasteiger partial charge on any atom is 0.186 e. The molecule has 0 saturated carbocycles. The summed E-state index contributed by atoms with van der Waals surface area (Å²) in [5, 5.41) is 22.5. The third-order valence-corrected chi connectivity index (χ3v) is 4.63. The number of methoxy groups -OCH3 is 1. The second-order valence-electron chi connectivity index (χ2n) is 6.45. The third kappa shape index (κ3) is 2.96. The molecule has 10 nitrogen and oxygen atoms in total. The van der Waals surface area contributed by atoms with Crippen LogP contribution in [-0.4, -0.2) is 47.3 Å². The van der Waals surface area contributed by atoms with Gasteiger partial charge in [-0.05, 0) is 17.7 Å². The van der Waals surface area contributed by atoms with E-state index in [9.17, 15) is 0 Å². The van der Waals surface area contributed by atoms with Crippen LogP contribution in [0.2, 0.25) is 0 Å². The van der Waals surface area contributed by atoms with Gasteiger partial charge in [-0.15, -0.1) is 0 Å². The van der Waals surface area contributed by atoms with Crippen molar-refractivity contribution in [2.24, 2.45) is 7.05 Å². The lowest BCUT2D eigenvalue weighted by Crippen LogP contribution is -1.99. The lowest BCUT2D eigenvalue weighted by atomic mass is 10.1. The van der Waals surface area contributed by atoms with Crippen molar-refractivity contribution in [3.8, 4) is 28.1 Å². The van der Waals surface area contributed by atoms with Crippen LogP contribution in [-0.2, 0) is 7.05 Å². The minimum Gasteiger partial charge on any atom is -0.495 e. The molecule has 29 heavy (non-hydrogen) atoms. The molecular formula is C19H17N9O. The highest BCUT2D eigenvalue weighted by molar-refractivity contribution is 5.99. The first-order valence-electron chi connectivity index (χ1n) is 8.85. The summed E-state index contributed by atoms with van der Waals surface area (Å²) in [6.45, 7) is 0. The summed E-state index contributed by atoms with van der Waals surface area (Å²) in [6, 6.07) is 5.90. The molecule has 0 bridgehead atoms. The van der Waals surface area contributed by atoms with Crippen LogP contribution in [0.3, 0.4) is 0 Å². The van der Waals surface area contributed by atoms with Gasteiger partial charge in [-0.2, -0.15) is 15.3 Å². The second-order valence-corrected chi connectivity index (χ2v) is 6.45. The topological polar surface area (TPSA) is 122 Å². The zero-order chi connectivity index (χ0) is 19.8. The number of ether oxygens (including phenoxy) is 1. The van der Waals surface area contributed by atoms with Crippen LogP contribution < -0.4 is 10.1 Å². The van der Waals surface area contributed by atoms with Crippen LogP contribution in [0.1, 0.15) is 0 Å². The summed E-state index contributed by atoms with van der Waals surface area (Å²) in [5.41, 5.74) is 4.98. The lowest BCUT2D eigenvalue weighted by Gasteiger charge is -2.13. The Kier molecular flexibility index (Phi) is 3.94. The summed E-state index contributed by atoms with van der Waals surface area (Å²) in [6.07, 6.45) is 8.76. The highest BCUT2D eigenvalue weighted by Gasteiger charge is 2.17. The van der Waals surface area contributed by atoms with Crippen LogP contribution in [0.25, 0.3) is 33.4 Å². The SMILES string of the molecule is COc1ccc(-c2cnn(C)c2)cc1Nc1ncnc2n[nH]c(-c3cn[nH]c3)c12. The number of benzene rings is 1. The largest absolute Gasteiger partial charge is 0.495 e. The molecule has 1 aromatic carbocycles. The molecule has 0 spiro atoms. The number of nitrogens with one attached hydrogen (secondary N) is 3. The second kappa shape index (κ2) is 6.75. The number of rotatable bonds is 5. The van der Waals surface area contributed by atoms with E-state index in [0.717, 1.165) is 33.5 Å². The third-order valence-electron chi connectivity index (χ3n) is 4.63. The van der Waals surface area contributed by atoms with Gasteiger partial charge in [0, 0.05) is 30.6 Å². The number of anilines is 2. The summed E-state index contributed by atoms with van der Waals surface area (Å²) in [7, 11) is 3.52. The van der Waals surface area contributed by atoms with E-state index in [2.05, 4.69) is 40.8 Å². The van der Waals surface area contributed by atoms with Gasteiger partial charge in [-0.1, -0.05) is 6.07 Å². The van der Waals surface area contributed by atoms with E-state index in [1.54, 1.807) is 24.2 Å². The molecule has 0 amide bonds. The number of aryl methyl sites for hydroxylation is 1. The molecule has 0 unspecified atom stereocenters. The van der Waals surface area contributed by atoms with E-state index in [1.165, 1.54) is 6.33 Å². The minimum absolute atomic E-state index is 0.557. The van der Waals surface area contributed by atoms with Gasteiger partial charge >= 0.3 is 0 Å². The Bertz CT molecular complexity index is 1290. The van der Waals surface area contributed by atoms with E-state index in [4.69, 9.17) is 4.74 Å². The van der Waals surface area contributed by atoms with Gasteiger partial charge in [0.05, 0.1) is 36.3 Å². The Morgan fingerprint density at radius 1 is 1.10 bits per heavy atom. The van der Waals surface area contributed by atoms with Crippen LogP contribution >= 0.6 is 0 Å². The lowest BCUT2D eigenvalue weighted by molar-refractivity contribution is 0.417. The average molecular weight is 387 g/mol. The highest BCUT2D eigenvalue weighted by atomic mass is 16.5. The number of H-pyrrole nitrogens is 2. The first-order valence-corrected chi connectivity index (χ1v) is 8.85. The molecule has 0 fully saturated rings. The van der Waals surface area contributed by atoms with Crippen LogP contribution in [0.15, 0.2) is 49.3 Å². The van der Waals surface area contributed by atoms with E-state index in [0.29, 0.717) is 17.2 Å². The maximum absolute atomic E-state index is 5.54. The molecule has 0 aliphatic rings. The Morgan fingerprint density at radius 3 is 2.79 bits per heavy atom. The minimum atomic E-state index is 0.557. The monoisotopic (exact) mass is 387 g/mol. The van der Waals surface area contributed by atoms with Crippen molar-refractivity contribution >= 4 is 22.5 Å². The molecule has 4 aromatic heterocycles. The van der Waals surface area contributed by atoms with Crippen LogP contribution in [0, 0.1) is 0 Å². The standard InChI is InChI=1S/C19H17N9O/c1-28-9-13(8-24-28)11-3-4-15(29-2)14(5-11)25-18-16-17(12-6-22-23-7-12)26-27-19(16)21-10-20-18/h3-10H,1-2H3,(H,22,23)(H2,20,21,25,26,27). The average Bonchev–Trinajstić information content (AvgIpc) is 3.48. The summed E-state index contributed by atoms with van der Waals surface area (Å²) >= 11 is 0. The van der Waals surface area contributed by atoms with Crippen molar-refractivity contribution in [3.05, 3.63) is 49.3 Å². The van der Waals surface area contributed by atoms with E-state index >= 15 is 0 Å². The Balaban J connectivity index is 1.61. The van der Waals surface area contributed by atoms with Crippen molar-refractivity contribution in [2.75, 3.05) is 12.4 Å². The maximum atomic E-state index is 5.54. The highest BCUT2D eigenvalue weighted by Crippen LogP contribution is 2.35. The number of hydrogen-bond acceptors (Lipinski definition) is 7. The fourth-order valence-corrected chi connectivity index (χ4v) is 3.23. The molecule has 4 heterocycles. The smallest absolute Gasteiger partial charge is 0.186 e. The fourth-order valence-electron chi connectivity index (χ4n) is 3.23. The van der Waals surface area contributed by atoms with Crippen LogP contribution in [0.5, 0.6) is 5.75 Å². The Hall–Kier alpha value is -4.21. The molecule has 0 aliphatic carbocycles. The molecule has 0 radical (unpaired) electrons. The summed E-state index contributed by atoms with van der Waals surface area (Å²) in [4.78, 5) is 8.70. The molecule has 10 heteroatoms. The molecule has 0 saturated heterocycles. The van der Waals surface area contributed by atoms with Gasteiger partial charge in [-0.3, -0.25) is 14.9 Å². The van der Waals surface area contributed by atoms with E-state index in [1.807, 2.05) is 37.6 Å². The van der Waals surface area contributed by atoms with Gasteiger partial charge in [0.25, 0.3) is 0 Å². The van der Waals surface area contributed by atoms with Gasteiger partial charge < -0.3 is 10.1 Å². The quantitative estimate of drug-likeness (QED) is 0.424. The predicted octanol–water partition coefficient (Wildman–Crippen LogP) is 2.90. The van der Waals surface area contributed by atoms with Gasteiger partial charge in [0.1, 0.15) is 17.9 Å². The molecule has 0 atom stereocenters. The summed E-state index contributed by atoms with van der Waals surface area (Å²) in [5.74, 6) is 1.30. The molecule has 3 N–H and O–H groups in total. The van der Waals surface area contributed by atoms with Crippen molar-refractivity contribution in [1.29, 1.82) is 0 Å². The first-order chi connectivity index (χ1) is 14.2. The van der Waals surface area contributed by atoms with Crippen LogP contribution in [0.4, 0.5) is 11.5 Å². The molecule has 5 rings (SSSR count). The van der Waals surface area contributed by atoms with Gasteiger partial charge in [0.2, 0.25) is 0 Å². The summed E-state index contributed by atoms with van der Waals surface area (Å²) < 4.78 is 7.31. The van der Waals surface area contributed by atoms with Crippen molar-refractivity contribution in [3.63, 3.8) is 0 Å². The molecule has 0 aliphatic heterocycles. The first kappa shape index (κ1) is 16.9. The van der Waals surface area contributed by atoms with E-state index in [-0.39, 0.29) is 0 Å². The molecule has 144 valence electrons. The predicted molar refractivity (Wildman–Crippen MR) is 108 cm³/mol. The molecule has 5 aromatic rings. The number of fused-ring (bicyclic) bond motifs is 1. The number of nitrogens with zero attached hydrogens (tertiary/aromatic N) is 6. The zero-order valence-electron chi connectivity index (χ0n) is 15.7. The van der Waals surface area contributed by atoms with E-state index < -0.39 is 0 Å². The van der Waals surface area contributed by atoms with Crippen molar-refractivity contribution in [2.45, 2.75) is 0 Å². The number of hydrogen-bond donors (Lipinski definition) is 3. The van der Waals surface area contributed by atoms with Gasteiger partial charge in [-0.25, -0.2) is 9.97 Å². The number of aromatic nitrogens is 8. The van der Waals surface area contributed by atoms with Crippen molar-refractivity contribution < 1.29 is 4.74 Å². The Morgan fingerprint density at radius 2 is 2.03 bits per heavy atom. The Labute approximate surface area is 165 Å². The number of aromatic amines is 2. The van der Waals surface area contributed by atoms with Gasteiger partial charge in [0.15, 0.2) is 5.65 Å². The normalized spacial score (nSPS) is 11.1. The fraction of sp³-hybridized carbons (Fsp3) is 0.105. The van der Waals surface area contributed by atoms with Crippen molar-refractivity contribution in [1.82, 2.24) is 40.1 Å². The zero-order valence-corrected chi connectivity index (χ0v) is 15.7. The molecular weight excluding hydrogens is 370 g/mol.